The fourth-order valence-corrected chi connectivity index (χ4v) is 1.75. The van der Waals surface area contributed by atoms with Crippen molar-refractivity contribution in [3.05, 3.63) is 34.4 Å². The monoisotopic (exact) mass is 317 g/mol. The minimum atomic E-state index is -2.66. The Morgan fingerprint density at radius 3 is 2.73 bits per heavy atom. The van der Waals surface area contributed by atoms with Crippen molar-refractivity contribution in [2.45, 2.75) is 6.43 Å². The van der Waals surface area contributed by atoms with E-state index in [4.69, 9.17) is 4.74 Å². The molecule has 9 heteroatoms. The molecule has 0 aliphatic heterocycles. The van der Waals surface area contributed by atoms with Crippen LogP contribution in [-0.4, -0.2) is 55.5 Å². The van der Waals surface area contributed by atoms with Gasteiger partial charge in [0, 0.05) is 19.7 Å². The van der Waals surface area contributed by atoms with E-state index in [0.29, 0.717) is 0 Å². The van der Waals surface area contributed by atoms with E-state index >= 15 is 0 Å². The molecule has 0 unspecified atom stereocenters. The maximum Gasteiger partial charge on any atom is 0.292 e. The SMILES string of the molecule is COCCN(CC(F)F)C(=O)CNc1ccccc1[N+](=O)[O-]. The first kappa shape index (κ1) is 17.8. The first-order valence-corrected chi connectivity index (χ1v) is 6.48. The zero-order valence-electron chi connectivity index (χ0n) is 12.0. The fourth-order valence-electron chi connectivity index (χ4n) is 1.75. The molecule has 0 fully saturated rings. The number of nitrogens with one attached hydrogen (secondary N) is 1. The number of anilines is 1. The Bertz CT molecular complexity index is 514. The van der Waals surface area contributed by atoms with Crippen LogP contribution in [0.25, 0.3) is 0 Å². The lowest BCUT2D eigenvalue weighted by atomic mass is 10.2. The quantitative estimate of drug-likeness (QED) is 0.554. The van der Waals surface area contributed by atoms with Crippen LogP contribution in [0, 0.1) is 10.1 Å². The number of hydrogen-bond donors (Lipinski definition) is 1. The average molecular weight is 317 g/mol. The van der Waals surface area contributed by atoms with E-state index in [1.54, 1.807) is 6.07 Å². The zero-order chi connectivity index (χ0) is 16.5. The molecule has 1 aromatic rings. The van der Waals surface area contributed by atoms with Gasteiger partial charge in [0.15, 0.2) is 0 Å². The number of carbonyl (C=O) groups excluding carboxylic acids is 1. The van der Waals surface area contributed by atoms with Crippen molar-refractivity contribution in [1.82, 2.24) is 4.90 Å². The number of nitro groups is 1. The summed E-state index contributed by atoms with van der Waals surface area (Å²) in [7, 11) is 1.40. The smallest absolute Gasteiger partial charge is 0.292 e. The Morgan fingerprint density at radius 2 is 2.14 bits per heavy atom. The second-order valence-corrected chi connectivity index (χ2v) is 4.35. The highest BCUT2D eigenvalue weighted by molar-refractivity contribution is 5.81. The van der Waals surface area contributed by atoms with Gasteiger partial charge in [-0.25, -0.2) is 8.78 Å². The second-order valence-electron chi connectivity index (χ2n) is 4.35. The maximum absolute atomic E-state index is 12.5. The zero-order valence-corrected chi connectivity index (χ0v) is 12.0. The normalized spacial score (nSPS) is 10.5. The van der Waals surface area contributed by atoms with Gasteiger partial charge in [-0.05, 0) is 6.07 Å². The van der Waals surface area contributed by atoms with Crippen LogP contribution in [0.1, 0.15) is 0 Å². The summed E-state index contributed by atoms with van der Waals surface area (Å²) in [5.74, 6) is -0.587. The van der Waals surface area contributed by atoms with Crippen molar-refractivity contribution in [2.24, 2.45) is 0 Å². The number of amides is 1. The first-order chi connectivity index (χ1) is 10.5. The number of rotatable bonds is 9. The lowest BCUT2D eigenvalue weighted by Gasteiger charge is -2.22. The second kappa shape index (κ2) is 8.88. The molecule has 0 aromatic heterocycles. The summed E-state index contributed by atoms with van der Waals surface area (Å²) < 4.78 is 29.7. The van der Waals surface area contributed by atoms with Gasteiger partial charge >= 0.3 is 0 Å². The van der Waals surface area contributed by atoms with Crippen molar-refractivity contribution in [2.75, 3.05) is 38.7 Å². The highest BCUT2D eigenvalue weighted by Crippen LogP contribution is 2.22. The molecule has 0 radical (unpaired) electrons. The molecule has 0 aliphatic rings. The number of halogens is 2. The van der Waals surface area contributed by atoms with E-state index in [-0.39, 0.29) is 31.1 Å². The molecule has 0 bridgehead atoms. The Kier molecular flexibility index (Phi) is 7.17. The number of carbonyl (C=O) groups is 1. The Hall–Kier alpha value is -2.29. The molecule has 7 nitrogen and oxygen atoms in total. The highest BCUT2D eigenvalue weighted by Gasteiger charge is 2.19. The summed E-state index contributed by atoms with van der Waals surface area (Å²) in [5.41, 5.74) is -0.0304. The summed E-state index contributed by atoms with van der Waals surface area (Å²) >= 11 is 0. The van der Waals surface area contributed by atoms with E-state index in [1.165, 1.54) is 25.3 Å². The Balaban J connectivity index is 2.68. The predicted octanol–water partition coefficient (Wildman–Crippen LogP) is 1.75. The fraction of sp³-hybridized carbons (Fsp3) is 0.462. The molecule has 22 heavy (non-hydrogen) atoms. The summed E-state index contributed by atoms with van der Waals surface area (Å²) in [6.07, 6.45) is -2.66. The number of para-hydroxylation sites is 2. The number of hydrogen-bond acceptors (Lipinski definition) is 5. The average Bonchev–Trinajstić information content (AvgIpc) is 2.48. The molecule has 0 saturated carbocycles. The van der Waals surface area contributed by atoms with Crippen LogP contribution in [0.4, 0.5) is 20.2 Å². The summed E-state index contributed by atoms with van der Waals surface area (Å²) in [6, 6.07) is 5.79. The number of nitrogens with zero attached hydrogens (tertiary/aromatic N) is 2. The highest BCUT2D eigenvalue weighted by atomic mass is 19.3. The Labute approximate surface area is 126 Å². The number of methoxy groups -OCH3 is 1. The number of ether oxygens (including phenoxy) is 1. The molecular weight excluding hydrogens is 300 g/mol. The summed E-state index contributed by atoms with van der Waals surface area (Å²) in [4.78, 5) is 23.2. The minimum Gasteiger partial charge on any atom is -0.383 e. The van der Waals surface area contributed by atoms with Crippen LogP contribution < -0.4 is 5.32 Å². The third-order valence-corrected chi connectivity index (χ3v) is 2.81. The third kappa shape index (κ3) is 5.60. The van der Waals surface area contributed by atoms with Crippen LogP contribution in [0.2, 0.25) is 0 Å². The van der Waals surface area contributed by atoms with Crippen molar-refractivity contribution in [1.29, 1.82) is 0 Å². The van der Waals surface area contributed by atoms with Crippen LogP contribution in [0.5, 0.6) is 0 Å². The van der Waals surface area contributed by atoms with Gasteiger partial charge in [-0.2, -0.15) is 0 Å². The van der Waals surface area contributed by atoms with Gasteiger partial charge in [0.05, 0.1) is 24.6 Å². The molecule has 0 heterocycles. The molecule has 0 atom stereocenters. The van der Waals surface area contributed by atoms with E-state index in [1.807, 2.05) is 0 Å². The van der Waals surface area contributed by atoms with Gasteiger partial charge in [-0.1, -0.05) is 12.1 Å². The van der Waals surface area contributed by atoms with Crippen molar-refractivity contribution < 1.29 is 23.2 Å². The topological polar surface area (TPSA) is 84.7 Å². The van der Waals surface area contributed by atoms with E-state index in [0.717, 1.165) is 4.90 Å². The molecule has 1 rings (SSSR count). The lowest BCUT2D eigenvalue weighted by Crippen LogP contribution is -2.40. The van der Waals surface area contributed by atoms with E-state index < -0.39 is 23.8 Å². The molecule has 0 aliphatic carbocycles. The molecule has 1 aromatic carbocycles. The van der Waals surface area contributed by atoms with Crippen molar-refractivity contribution in [3.8, 4) is 0 Å². The van der Waals surface area contributed by atoms with Gasteiger partial charge in [-0.3, -0.25) is 14.9 Å². The third-order valence-electron chi connectivity index (χ3n) is 2.81. The molecule has 0 saturated heterocycles. The lowest BCUT2D eigenvalue weighted by molar-refractivity contribution is -0.383. The van der Waals surface area contributed by atoms with Crippen LogP contribution in [0.3, 0.4) is 0 Å². The molecular formula is C13H17F2N3O4. The molecule has 1 amide bonds. The van der Waals surface area contributed by atoms with Gasteiger partial charge in [0.25, 0.3) is 12.1 Å². The van der Waals surface area contributed by atoms with Crippen LogP contribution in [-0.2, 0) is 9.53 Å². The number of alkyl halides is 2. The standard InChI is InChI=1S/C13H17F2N3O4/c1-22-7-6-17(9-12(14)15)13(19)8-16-10-4-2-3-5-11(10)18(20)21/h2-5,12,16H,6-9H2,1H3. The van der Waals surface area contributed by atoms with Crippen LogP contribution in [0.15, 0.2) is 24.3 Å². The summed E-state index contributed by atoms with van der Waals surface area (Å²) in [5, 5.41) is 13.4. The minimum absolute atomic E-state index is 0.0260. The van der Waals surface area contributed by atoms with Gasteiger partial charge in [0.1, 0.15) is 5.69 Å². The van der Waals surface area contributed by atoms with E-state index in [9.17, 15) is 23.7 Å². The Morgan fingerprint density at radius 1 is 1.45 bits per heavy atom. The predicted molar refractivity (Wildman–Crippen MR) is 76.0 cm³/mol. The van der Waals surface area contributed by atoms with Crippen molar-refractivity contribution >= 4 is 17.3 Å². The molecule has 122 valence electrons. The van der Waals surface area contributed by atoms with Crippen LogP contribution >= 0.6 is 0 Å². The number of nitro benzene ring substituents is 1. The van der Waals surface area contributed by atoms with E-state index in [2.05, 4.69) is 5.32 Å². The van der Waals surface area contributed by atoms with Crippen molar-refractivity contribution in [3.63, 3.8) is 0 Å². The largest absolute Gasteiger partial charge is 0.383 e. The van der Waals surface area contributed by atoms with Gasteiger partial charge < -0.3 is 15.0 Å². The maximum atomic E-state index is 12.5. The summed E-state index contributed by atoms with van der Waals surface area (Å²) in [6.45, 7) is -0.871. The molecule has 0 spiro atoms. The number of benzene rings is 1. The first-order valence-electron chi connectivity index (χ1n) is 6.48. The van der Waals surface area contributed by atoms with Gasteiger partial charge in [-0.15, -0.1) is 0 Å². The molecule has 1 N–H and O–H groups in total. The van der Waals surface area contributed by atoms with Gasteiger partial charge in [0.2, 0.25) is 5.91 Å².